The molecular formula is C16H17NO2S. The minimum atomic E-state index is 0.219. The van der Waals surface area contributed by atoms with Gasteiger partial charge >= 0.3 is 0 Å². The van der Waals surface area contributed by atoms with E-state index in [4.69, 9.17) is 4.42 Å². The number of hydrogen-bond acceptors (Lipinski definition) is 3. The fraction of sp³-hybridized carbons (Fsp3) is 0.312. The van der Waals surface area contributed by atoms with Gasteiger partial charge in [-0.15, -0.1) is 11.8 Å². The highest BCUT2D eigenvalue weighted by atomic mass is 32.2. The second kappa shape index (κ2) is 6.18. The minimum absolute atomic E-state index is 0.219. The number of rotatable bonds is 4. The molecule has 0 saturated heterocycles. The summed E-state index contributed by atoms with van der Waals surface area (Å²) in [7, 11) is 0. The van der Waals surface area contributed by atoms with Gasteiger partial charge in [0.05, 0.1) is 17.8 Å². The number of benzene rings is 1. The molecule has 0 bridgehead atoms. The van der Waals surface area contributed by atoms with Gasteiger partial charge in [0.2, 0.25) is 5.91 Å². The molecule has 1 aliphatic rings. The fourth-order valence-corrected chi connectivity index (χ4v) is 3.26. The lowest BCUT2D eigenvalue weighted by Crippen LogP contribution is -2.37. The maximum atomic E-state index is 12.2. The lowest BCUT2D eigenvalue weighted by Gasteiger charge is -2.28. The van der Waals surface area contributed by atoms with Gasteiger partial charge in [-0.1, -0.05) is 24.3 Å². The van der Waals surface area contributed by atoms with E-state index in [0.717, 1.165) is 31.0 Å². The molecule has 4 heteroatoms. The highest BCUT2D eigenvalue weighted by Gasteiger charge is 2.19. The monoisotopic (exact) mass is 287 g/mol. The molecule has 3 nitrogen and oxygen atoms in total. The molecule has 104 valence electrons. The molecule has 2 aromatic rings. The number of nitrogens with zero attached hydrogens (tertiary/aromatic N) is 1. The Morgan fingerprint density at radius 2 is 2.05 bits per heavy atom. The molecule has 0 unspecified atom stereocenters. The second-order valence-electron chi connectivity index (χ2n) is 4.91. The number of thioether (sulfide) groups is 1. The van der Waals surface area contributed by atoms with Crippen molar-refractivity contribution in [2.24, 2.45) is 0 Å². The number of amides is 1. The first-order valence-corrected chi connectivity index (χ1v) is 7.93. The van der Waals surface area contributed by atoms with Crippen molar-refractivity contribution >= 4 is 17.7 Å². The van der Waals surface area contributed by atoms with E-state index in [1.165, 1.54) is 11.1 Å². The van der Waals surface area contributed by atoms with E-state index in [1.54, 1.807) is 18.0 Å². The van der Waals surface area contributed by atoms with Crippen LogP contribution >= 0.6 is 11.8 Å². The Morgan fingerprint density at radius 1 is 1.20 bits per heavy atom. The van der Waals surface area contributed by atoms with Gasteiger partial charge < -0.3 is 9.32 Å². The molecule has 0 atom stereocenters. The van der Waals surface area contributed by atoms with Gasteiger partial charge in [0.1, 0.15) is 5.76 Å². The number of furan rings is 1. The van der Waals surface area contributed by atoms with Crippen LogP contribution in [0.2, 0.25) is 0 Å². The smallest absolute Gasteiger partial charge is 0.232 e. The van der Waals surface area contributed by atoms with Crippen LogP contribution in [0.25, 0.3) is 0 Å². The van der Waals surface area contributed by atoms with Gasteiger partial charge in [0.25, 0.3) is 0 Å². The van der Waals surface area contributed by atoms with Gasteiger partial charge in [-0.2, -0.15) is 0 Å². The number of carbonyl (C=O) groups is 1. The zero-order valence-electron chi connectivity index (χ0n) is 11.2. The Hall–Kier alpha value is -1.68. The third-order valence-electron chi connectivity index (χ3n) is 3.53. The summed E-state index contributed by atoms with van der Waals surface area (Å²) in [4.78, 5) is 14.2. The summed E-state index contributed by atoms with van der Waals surface area (Å²) >= 11 is 1.61. The molecule has 1 aliphatic heterocycles. The van der Waals surface area contributed by atoms with Crippen molar-refractivity contribution in [2.75, 3.05) is 12.3 Å². The Labute approximate surface area is 123 Å². The van der Waals surface area contributed by atoms with Gasteiger partial charge in [0.15, 0.2) is 0 Å². The van der Waals surface area contributed by atoms with Crippen molar-refractivity contribution in [3.8, 4) is 0 Å². The fourth-order valence-electron chi connectivity index (χ4n) is 2.43. The minimum Gasteiger partial charge on any atom is -0.468 e. The zero-order chi connectivity index (χ0) is 13.8. The first-order chi connectivity index (χ1) is 9.83. The van der Waals surface area contributed by atoms with Crippen LogP contribution in [0.4, 0.5) is 0 Å². The van der Waals surface area contributed by atoms with Crippen molar-refractivity contribution in [3.63, 3.8) is 0 Å². The predicted molar refractivity (Wildman–Crippen MR) is 80.4 cm³/mol. The van der Waals surface area contributed by atoms with E-state index >= 15 is 0 Å². The Morgan fingerprint density at radius 3 is 2.85 bits per heavy atom. The Balaban J connectivity index is 1.51. The summed E-state index contributed by atoms with van der Waals surface area (Å²) in [6.45, 7) is 1.58. The molecule has 0 radical (unpaired) electrons. The number of carbonyl (C=O) groups excluding carboxylic acids is 1. The third-order valence-corrected chi connectivity index (χ3v) is 4.47. The maximum Gasteiger partial charge on any atom is 0.232 e. The largest absolute Gasteiger partial charge is 0.468 e. The lowest BCUT2D eigenvalue weighted by molar-refractivity contribution is -0.129. The highest BCUT2D eigenvalue weighted by Crippen LogP contribution is 2.20. The second-order valence-corrected chi connectivity index (χ2v) is 5.89. The molecule has 0 fully saturated rings. The molecule has 1 aromatic heterocycles. The van der Waals surface area contributed by atoms with E-state index in [0.29, 0.717) is 5.75 Å². The van der Waals surface area contributed by atoms with E-state index in [1.807, 2.05) is 23.1 Å². The molecule has 1 amide bonds. The van der Waals surface area contributed by atoms with Crippen LogP contribution in [0.3, 0.4) is 0 Å². The quantitative estimate of drug-likeness (QED) is 0.866. The van der Waals surface area contributed by atoms with Gasteiger partial charge in [-0.05, 0) is 29.7 Å². The summed E-state index contributed by atoms with van der Waals surface area (Å²) in [5.41, 5.74) is 2.66. The molecular weight excluding hydrogens is 270 g/mol. The maximum absolute atomic E-state index is 12.2. The van der Waals surface area contributed by atoms with Gasteiger partial charge in [0, 0.05) is 13.1 Å². The summed E-state index contributed by atoms with van der Waals surface area (Å²) < 4.78 is 5.26. The van der Waals surface area contributed by atoms with Gasteiger partial charge in [-0.25, -0.2) is 0 Å². The summed E-state index contributed by atoms with van der Waals surface area (Å²) in [6, 6.07) is 12.2. The van der Waals surface area contributed by atoms with Crippen LogP contribution in [-0.2, 0) is 23.5 Å². The van der Waals surface area contributed by atoms with E-state index in [-0.39, 0.29) is 5.91 Å². The highest BCUT2D eigenvalue weighted by molar-refractivity contribution is 7.99. The summed E-state index contributed by atoms with van der Waals surface area (Å²) in [5.74, 6) is 2.41. The average molecular weight is 287 g/mol. The number of hydrogen-bond donors (Lipinski definition) is 0. The summed E-state index contributed by atoms with van der Waals surface area (Å²) in [6.07, 6.45) is 2.63. The van der Waals surface area contributed by atoms with Crippen LogP contribution in [0.5, 0.6) is 0 Å². The number of fused-ring (bicyclic) bond motifs is 1. The Bertz CT molecular complexity index is 580. The zero-order valence-corrected chi connectivity index (χ0v) is 12.1. The first kappa shape index (κ1) is 13.3. The SMILES string of the molecule is O=C(CSCc1ccco1)N1CCc2ccccc2C1. The molecule has 20 heavy (non-hydrogen) atoms. The predicted octanol–water partition coefficient (Wildman–Crippen LogP) is 3.10. The van der Waals surface area contributed by atoms with Crippen LogP contribution in [0, 0.1) is 0 Å². The van der Waals surface area contributed by atoms with Crippen molar-refractivity contribution in [1.29, 1.82) is 0 Å². The van der Waals surface area contributed by atoms with Crippen LogP contribution < -0.4 is 0 Å². The molecule has 0 aliphatic carbocycles. The van der Waals surface area contributed by atoms with Crippen molar-refractivity contribution < 1.29 is 9.21 Å². The lowest BCUT2D eigenvalue weighted by atomic mass is 10.00. The van der Waals surface area contributed by atoms with E-state index in [9.17, 15) is 4.79 Å². The molecule has 0 spiro atoms. The molecule has 3 rings (SSSR count). The normalized spacial score (nSPS) is 14.1. The van der Waals surface area contributed by atoms with Crippen LogP contribution in [0.1, 0.15) is 16.9 Å². The van der Waals surface area contributed by atoms with E-state index in [2.05, 4.69) is 18.2 Å². The van der Waals surface area contributed by atoms with Crippen molar-refractivity contribution in [1.82, 2.24) is 4.90 Å². The van der Waals surface area contributed by atoms with Gasteiger partial charge in [-0.3, -0.25) is 4.79 Å². The Kier molecular flexibility index (Phi) is 4.11. The third kappa shape index (κ3) is 3.07. The molecule has 0 N–H and O–H groups in total. The van der Waals surface area contributed by atoms with Crippen molar-refractivity contribution in [3.05, 3.63) is 59.5 Å². The van der Waals surface area contributed by atoms with E-state index < -0.39 is 0 Å². The van der Waals surface area contributed by atoms with Crippen molar-refractivity contribution in [2.45, 2.75) is 18.7 Å². The van der Waals surface area contributed by atoms with Crippen LogP contribution in [0.15, 0.2) is 47.1 Å². The average Bonchev–Trinajstić information content (AvgIpc) is 3.00. The topological polar surface area (TPSA) is 33.5 Å². The molecule has 1 aromatic carbocycles. The summed E-state index contributed by atoms with van der Waals surface area (Å²) in [5, 5.41) is 0. The standard InChI is InChI=1S/C16H17NO2S/c18-16(12-20-11-15-6-3-9-19-15)17-8-7-13-4-1-2-5-14(13)10-17/h1-6,9H,7-8,10-12H2. The molecule has 2 heterocycles. The first-order valence-electron chi connectivity index (χ1n) is 6.77. The molecule has 0 saturated carbocycles. The van der Waals surface area contributed by atoms with Crippen LogP contribution in [-0.4, -0.2) is 23.1 Å².